The zero-order chi connectivity index (χ0) is 7.78. The quantitative estimate of drug-likeness (QED) is 0.583. The molecule has 0 amide bonds. The third-order valence-corrected chi connectivity index (χ3v) is 2.67. The molecule has 0 aliphatic carbocycles. The second kappa shape index (κ2) is 2.51. The van der Waals surface area contributed by atoms with Crippen molar-refractivity contribution in [1.82, 2.24) is 4.90 Å². The van der Waals surface area contributed by atoms with Crippen molar-refractivity contribution >= 4 is 0 Å². The Labute approximate surface area is 63.4 Å². The summed E-state index contributed by atoms with van der Waals surface area (Å²) >= 11 is 0. The number of nitrogens with zero attached hydrogens (tertiary/aromatic N) is 1. The van der Waals surface area contributed by atoms with Crippen molar-refractivity contribution in [3.8, 4) is 0 Å². The maximum atomic E-state index is 6.15. The van der Waals surface area contributed by atoms with E-state index >= 15 is 0 Å². The minimum atomic E-state index is 0.0920. The highest BCUT2D eigenvalue weighted by molar-refractivity contribution is 4.95. The normalized spacial score (nSPS) is 35.7. The topological polar surface area (TPSA) is 29.3 Å². The average Bonchev–Trinajstić information content (AvgIpc) is 2.13. The molecule has 1 unspecified atom stereocenters. The van der Waals surface area contributed by atoms with Crippen LogP contribution in [0.25, 0.3) is 0 Å². The van der Waals surface area contributed by atoms with Crippen molar-refractivity contribution in [2.24, 2.45) is 11.7 Å². The molecule has 1 saturated heterocycles. The van der Waals surface area contributed by atoms with Crippen molar-refractivity contribution in [2.45, 2.75) is 25.8 Å². The molecule has 0 aromatic carbocycles. The maximum Gasteiger partial charge on any atom is 0.0318 e. The summed E-state index contributed by atoms with van der Waals surface area (Å²) in [6, 6.07) is 0. The van der Waals surface area contributed by atoms with E-state index in [0.717, 1.165) is 19.5 Å². The van der Waals surface area contributed by atoms with E-state index in [0.29, 0.717) is 5.92 Å². The van der Waals surface area contributed by atoms with Crippen molar-refractivity contribution in [3.63, 3.8) is 0 Å². The number of hydrogen-bond acceptors (Lipinski definition) is 2. The second-order valence-corrected chi connectivity index (χ2v) is 3.88. The van der Waals surface area contributed by atoms with Crippen molar-refractivity contribution in [3.05, 3.63) is 0 Å². The fourth-order valence-electron chi connectivity index (χ4n) is 1.53. The molecule has 1 rings (SSSR count). The molecule has 0 spiro atoms. The fourth-order valence-corrected chi connectivity index (χ4v) is 1.53. The van der Waals surface area contributed by atoms with Gasteiger partial charge in [-0.2, -0.15) is 0 Å². The van der Waals surface area contributed by atoms with Crippen LogP contribution in [-0.2, 0) is 0 Å². The van der Waals surface area contributed by atoms with Gasteiger partial charge in [0.2, 0.25) is 0 Å². The standard InChI is InChI=1S/C8H18N2/c1-7(2)8(9)4-5-10(3)6-8/h7H,4-6,9H2,1-3H3. The lowest BCUT2D eigenvalue weighted by molar-refractivity contribution is 0.300. The Morgan fingerprint density at radius 3 is 2.30 bits per heavy atom. The summed E-state index contributed by atoms with van der Waals surface area (Å²) in [6.07, 6.45) is 1.15. The molecule has 1 atom stereocenters. The molecule has 0 saturated carbocycles. The van der Waals surface area contributed by atoms with E-state index < -0.39 is 0 Å². The Balaban J connectivity index is 2.54. The summed E-state index contributed by atoms with van der Waals surface area (Å²) in [4.78, 5) is 2.31. The molecule has 0 aromatic rings. The van der Waals surface area contributed by atoms with Crippen molar-refractivity contribution in [2.75, 3.05) is 20.1 Å². The summed E-state index contributed by atoms with van der Waals surface area (Å²) in [5, 5.41) is 0. The third-order valence-electron chi connectivity index (χ3n) is 2.67. The minimum absolute atomic E-state index is 0.0920. The maximum absolute atomic E-state index is 6.15. The Kier molecular flexibility index (Phi) is 2.02. The van der Waals surface area contributed by atoms with Gasteiger partial charge in [-0.05, 0) is 25.9 Å². The van der Waals surface area contributed by atoms with Crippen LogP contribution in [0, 0.1) is 5.92 Å². The Hall–Kier alpha value is -0.0800. The van der Waals surface area contributed by atoms with Crippen molar-refractivity contribution in [1.29, 1.82) is 0 Å². The van der Waals surface area contributed by atoms with Gasteiger partial charge in [0, 0.05) is 12.1 Å². The Bertz CT molecular complexity index is 122. The first-order valence-electron chi connectivity index (χ1n) is 4.02. The minimum Gasteiger partial charge on any atom is -0.324 e. The van der Waals surface area contributed by atoms with Gasteiger partial charge >= 0.3 is 0 Å². The van der Waals surface area contributed by atoms with Gasteiger partial charge < -0.3 is 10.6 Å². The number of rotatable bonds is 1. The molecule has 0 aromatic heterocycles. The monoisotopic (exact) mass is 142 g/mol. The molecule has 60 valence electrons. The van der Waals surface area contributed by atoms with Gasteiger partial charge in [-0.1, -0.05) is 13.8 Å². The fraction of sp³-hybridized carbons (Fsp3) is 1.00. The van der Waals surface area contributed by atoms with E-state index in [-0.39, 0.29) is 5.54 Å². The number of likely N-dealkylation sites (N-methyl/N-ethyl adjacent to an activating group) is 1. The molecule has 1 aliphatic rings. The second-order valence-electron chi connectivity index (χ2n) is 3.88. The predicted octanol–water partition coefficient (Wildman–Crippen LogP) is 0.675. The van der Waals surface area contributed by atoms with Crippen LogP contribution < -0.4 is 5.73 Å². The summed E-state index contributed by atoms with van der Waals surface area (Å²) in [5.74, 6) is 0.609. The molecule has 1 aliphatic heterocycles. The van der Waals surface area contributed by atoms with E-state index in [9.17, 15) is 0 Å². The lowest BCUT2D eigenvalue weighted by Gasteiger charge is -2.28. The van der Waals surface area contributed by atoms with E-state index in [1.807, 2.05) is 0 Å². The van der Waals surface area contributed by atoms with E-state index in [1.165, 1.54) is 0 Å². The SMILES string of the molecule is CC(C)C1(N)CCN(C)C1. The summed E-state index contributed by atoms with van der Waals surface area (Å²) < 4.78 is 0. The third kappa shape index (κ3) is 1.32. The molecule has 0 radical (unpaired) electrons. The van der Waals surface area contributed by atoms with Gasteiger partial charge in [0.1, 0.15) is 0 Å². The van der Waals surface area contributed by atoms with Crippen LogP contribution in [0.4, 0.5) is 0 Å². The van der Waals surface area contributed by atoms with Gasteiger partial charge in [0.25, 0.3) is 0 Å². The van der Waals surface area contributed by atoms with Gasteiger partial charge in [0.05, 0.1) is 0 Å². The summed E-state index contributed by atoms with van der Waals surface area (Å²) in [7, 11) is 2.14. The molecule has 1 heterocycles. The lowest BCUT2D eigenvalue weighted by atomic mass is 9.87. The first-order valence-corrected chi connectivity index (χ1v) is 4.02. The van der Waals surface area contributed by atoms with Gasteiger partial charge in [0.15, 0.2) is 0 Å². The van der Waals surface area contributed by atoms with Gasteiger partial charge in [-0.25, -0.2) is 0 Å². The summed E-state index contributed by atoms with van der Waals surface area (Å²) in [5.41, 5.74) is 6.24. The van der Waals surface area contributed by atoms with Crippen LogP contribution in [0.1, 0.15) is 20.3 Å². The molecule has 10 heavy (non-hydrogen) atoms. The van der Waals surface area contributed by atoms with E-state index in [2.05, 4.69) is 25.8 Å². The number of hydrogen-bond donors (Lipinski definition) is 1. The van der Waals surface area contributed by atoms with Crippen LogP contribution in [-0.4, -0.2) is 30.6 Å². The van der Waals surface area contributed by atoms with Crippen LogP contribution in [0.3, 0.4) is 0 Å². The van der Waals surface area contributed by atoms with Crippen LogP contribution in [0.5, 0.6) is 0 Å². The van der Waals surface area contributed by atoms with Gasteiger partial charge in [-0.15, -0.1) is 0 Å². The first-order chi connectivity index (χ1) is 4.54. The molecule has 2 nitrogen and oxygen atoms in total. The van der Waals surface area contributed by atoms with Crippen molar-refractivity contribution < 1.29 is 0 Å². The van der Waals surface area contributed by atoms with E-state index in [1.54, 1.807) is 0 Å². The highest BCUT2D eigenvalue weighted by Crippen LogP contribution is 2.24. The van der Waals surface area contributed by atoms with Crippen LogP contribution in [0.15, 0.2) is 0 Å². The average molecular weight is 142 g/mol. The lowest BCUT2D eigenvalue weighted by Crippen LogP contribution is -2.46. The van der Waals surface area contributed by atoms with E-state index in [4.69, 9.17) is 5.73 Å². The van der Waals surface area contributed by atoms with Crippen LogP contribution >= 0.6 is 0 Å². The first kappa shape index (κ1) is 8.02. The highest BCUT2D eigenvalue weighted by atomic mass is 15.2. The number of nitrogens with two attached hydrogens (primary N) is 1. The summed E-state index contributed by atoms with van der Waals surface area (Å²) in [6.45, 7) is 6.64. The number of likely N-dealkylation sites (tertiary alicyclic amines) is 1. The molecule has 1 fully saturated rings. The van der Waals surface area contributed by atoms with Crippen LogP contribution in [0.2, 0.25) is 0 Å². The molecule has 2 N–H and O–H groups in total. The Morgan fingerprint density at radius 2 is 2.10 bits per heavy atom. The molecular weight excluding hydrogens is 124 g/mol. The predicted molar refractivity (Wildman–Crippen MR) is 43.9 cm³/mol. The molecule has 0 bridgehead atoms. The zero-order valence-electron chi connectivity index (χ0n) is 7.22. The molecule has 2 heteroatoms. The largest absolute Gasteiger partial charge is 0.324 e. The highest BCUT2D eigenvalue weighted by Gasteiger charge is 2.35. The Morgan fingerprint density at radius 1 is 1.50 bits per heavy atom. The molecular formula is C8H18N2. The zero-order valence-corrected chi connectivity index (χ0v) is 7.22. The smallest absolute Gasteiger partial charge is 0.0318 e. The van der Waals surface area contributed by atoms with Gasteiger partial charge in [-0.3, -0.25) is 0 Å².